The molecule has 20 heavy (non-hydrogen) atoms. The van der Waals surface area contributed by atoms with Crippen molar-refractivity contribution in [3.05, 3.63) is 0 Å². The second-order valence-electron chi connectivity index (χ2n) is 6.35. The first-order valence-corrected chi connectivity index (χ1v) is 8.79. The molecule has 0 aromatic carbocycles. The fraction of sp³-hybridized carbons (Fsp3) is 1.00. The SMILES string of the molecule is CCNC(C1CCOCC1)C(OCC)C1CCCCC1. The van der Waals surface area contributed by atoms with Gasteiger partial charge in [0.2, 0.25) is 0 Å². The molecule has 1 heterocycles. The molecule has 2 atom stereocenters. The molecule has 3 heteroatoms. The first-order valence-electron chi connectivity index (χ1n) is 8.79. The van der Waals surface area contributed by atoms with Crippen molar-refractivity contribution in [1.82, 2.24) is 5.32 Å². The van der Waals surface area contributed by atoms with Gasteiger partial charge in [-0.05, 0) is 51.0 Å². The summed E-state index contributed by atoms with van der Waals surface area (Å²) in [5.74, 6) is 1.48. The molecule has 2 unspecified atom stereocenters. The summed E-state index contributed by atoms with van der Waals surface area (Å²) >= 11 is 0. The molecule has 1 aliphatic carbocycles. The summed E-state index contributed by atoms with van der Waals surface area (Å²) in [4.78, 5) is 0. The fourth-order valence-electron chi connectivity index (χ4n) is 4.05. The minimum Gasteiger partial charge on any atom is -0.381 e. The normalized spacial score (nSPS) is 25.5. The number of ether oxygens (including phenoxy) is 2. The number of nitrogens with one attached hydrogen (secondary N) is 1. The molecular weight excluding hydrogens is 250 g/mol. The van der Waals surface area contributed by atoms with Crippen LogP contribution in [-0.4, -0.2) is 38.5 Å². The van der Waals surface area contributed by atoms with Crippen LogP contribution in [0.4, 0.5) is 0 Å². The smallest absolute Gasteiger partial charge is 0.0758 e. The molecule has 1 aliphatic heterocycles. The van der Waals surface area contributed by atoms with Crippen molar-refractivity contribution in [2.24, 2.45) is 11.8 Å². The van der Waals surface area contributed by atoms with Gasteiger partial charge in [0.15, 0.2) is 0 Å². The second kappa shape index (κ2) is 9.01. The summed E-state index contributed by atoms with van der Waals surface area (Å²) < 4.78 is 11.8. The summed E-state index contributed by atoms with van der Waals surface area (Å²) in [7, 11) is 0. The standard InChI is InChI=1S/C17H33NO2/c1-3-18-16(14-10-12-19-13-11-14)17(20-4-2)15-8-6-5-7-9-15/h14-18H,3-13H2,1-2H3. The number of likely N-dealkylation sites (N-methyl/N-ethyl adjacent to an activating group) is 1. The Labute approximate surface area is 124 Å². The molecular formula is C17H33NO2. The van der Waals surface area contributed by atoms with E-state index in [0.717, 1.165) is 38.2 Å². The molecule has 1 saturated heterocycles. The molecule has 0 aromatic heterocycles. The van der Waals surface area contributed by atoms with Crippen molar-refractivity contribution >= 4 is 0 Å². The van der Waals surface area contributed by atoms with Gasteiger partial charge in [-0.25, -0.2) is 0 Å². The van der Waals surface area contributed by atoms with E-state index in [0.29, 0.717) is 12.1 Å². The van der Waals surface area contributed by atoms with Crippen LogP contribution in [0.5, 0.6) is 0 Å². The zero-order chi connectivity index (χ0) is 14.2. The monoisotopic (exact) mass is 283 g/mol. The average Bonchev–Trinajstić information content (AvgIpc) is 2.52. The highest BCUT2D eigenvalue weighted by Gasteiger charge is 2.36. The zero-order valence-corrected chi connectivity index (χ0v) is 13.4. The fourth-order valence-corrected chi connectivity index (χ4v) is 4.05. The third-order valence-electron chi connectivity index (χ3n) is 5.04. The molecule has 0 spiro atoms. The van der Waals surface area contributed by atoms with Gasteiger partial charge in [0, 0.05) is 25.9 Å². The van der Waals surface area contributed by atoms with E-state index >= 15 is 0 Å². The maximum atomic E-state index is 6.25. The van der Waals surface area contributed by atoms with Gasteiger partial charge in [-0.1, -0.05) is 26.2 Å². The van der Waals surface area contributed by atoms with Crippen LogP contribution < -0.4 is 5.32 Å². The maximum absolute atomic E-state index is 6.25. The Kier molecular flexibility index (Phi) is 7.32. The molecule has 0 radical (unpaired) electrons. The lowest BCUT2D eigenvalue weighted by molar-refractivity contribution is -0.0475. The maximum Gasteiger partial charge on any atom is 0.0758 e. The van der Waals surface area contributed by atoms with Crippen LogP contribution in [-0.2, 0) is 9.47 Å². The molecule has 2 fully saturated rings. The van der Waals surface area contributed by atoms with E-state index in [1.165, 1.54) is 44.9 Å². The van der Waals surface area contributed by atoms with Crippen LogP contribution in [0.15, 0.2) is 0 Å². The van der Waals surface area contributed by atoms with E-state index in [4.69, 9.17) is 9.47 Å². The van der Waals surface area contributed by atoms with Gasteiger partial charge in [-0.2, -0.15) is 0 Å². The zero-order valence-electron chi connectivity index (χ0n) is 13.4. The van der Waals surface area contributed by atoms with Crippen molar-refractivity contribution in [2.75, 3.05) is 26.4 Å². The summed E-state index contributed by atoms with van der Waals surface area (Å²) in [6.07, 6.45) is 9.69. The predicted octanol–water partition coefficient (Wildman–Crippen LogP) is 3.38. The molecule has 2 rings (SSSR count). The van der Waals surface area contributed by atoms with Gasteiger partial charge in [-0.15, -0.1) is 0 Å². The number of rotatable bonds is 7. The van der Waals surface area contributed by atoms with Crippen LogP contribution in [0.3, 0.4) is 0 Å². The van der Waals surface area contributed by atoms with E-state index in [2.05, 4.69) is 19.2 Å². The summed E-state index contributed by atoms with van der Waals surface area (Å²) in [6.45, 7) is 8.09. The van der Waals surface area contributed by atoms with E-state index < -0.39 is 0 Å². The van der Waals surface area contributed by atoms with E-state index in [-0.39, 0.29) is 0 Å². The van der Waals surface area contributed by atoms with Gasteiger partial charge in [0.05, 0.1) is 6.10 Å². The van der Waals surface area contributed by atoms with Crippen LogP contribution in [0.2, 0.25) is 0 Å². The minimum absolute atomic E-state index is 0.406. The van der Waals surface area contributed by atoms with Gasteiger partial charge in [0.25, 0.3) is 0 Å². The van der Waals surface area contributed by atoms with Crippen molar-refractivity contribution in [3.63, 3.8) is 0 Å². The molecule has 1 saturated carbocycles. The highest BCUT2D eigenvalue weighted by Crippen LogP contribution is 2.33. The topological polar surface area (TPSA) is 30.5 Å². The molecule has 1 N–H and O–H groups in total. The molecule has 3 nitrogen and oxygen atoms in total. The molecule has 0 aromatic rings. The number of hydrogen-bond donors (Lipinski definition) is 1. The highest BCUT2D eigenvalue weighted by molar-refractivity contribution is 4.90. The lowest BCUT2D eigenvalue weighted by Crippen LogP contribution is -2.51. The summed E-state index contributed by atoms with van der Waals surface area (Å²) in [6, 6.07) is 0.520. The Morgan fingerprint density at radius 2 is 1.70 bits per heavy atom. The van der Waals surface area contributed by atoms with Crippen molar-refractivity contribution in [2.45, 2.75) is 70.9 Å². The van der Waals surface area contributed by atoms with Crippen molar-refractivity contribution in [3.8, 4) is 0 Å². The van der Waals surface area contributed by atoms with Gasteiger partial charge >= 0.3 is 0 Å². The van der Waals surface area contributed by atoms with E-state index in [1.54, 1.807) is 0 Å². The highest BCUT2D eigenvalue weighted by atomic mass is 16.5. The predicted molar refractivity (Wildman–Crippen MR) is 83.0 cm³/mol. The lowest BCUT2D eigenvalue weighted by atomic mass is 9.77. The Bertz CT molecular complexity index is 221. The van der Waals surface area contributed by atoms with E-state index in [9.17, 15) is 0 Å². The second-order valence-corrected chi connectivity index (χ2v) is 6.35. The first-order chi connectivity index (χ1) is 9.86. The van der Waals surface area contributed by atoms with E-state index in [1.807, 2.05) is 0 Å². The van der Waals surface area contributed by atoms with Crippen LogP contribution >= 0.6 is 0 Å². The number of hydrogen-bond acceptors (Lipinski definition) is 3. The summed E-state index contributed by atoms with van der Waals surface area (Å²) in [5.41, 5.74) is 0. The quantitative estimate of drug-likeness (QED) is 0.777. The Morgan fingerprint density at radius 3 is 2.30 bits per heavy atom. The molecule has 2 aliphatic rings. The Balaban J connectivity index is 2.03. The van der Waals surface area contributed by atoms with Crippen LogP contribution in [0.1, 0.15) is 58.8 Å². The first kappa shape index (κ1) is 16.3. The third kappa shape index (κ3) is 4.44. The van der Waals surface area contributed by atoms with Crippen LogP contribution in [0, 0.1) is 11.8 Å². The minimum atomic E-state index is 0.406. The van der Waals surface area contributed by atoms with Crippen molar-refractivity contribution in [1.29, 1.82) is 0 Å². The van der Waals surface area contributed by atoms with Crippen molar-refractivity contribution < 1.29 is 9.47 Å². The van der Waals surface area contributed by atoms with Gasteiger partial charge in [0.1, 0.15) is 0 Å². The van der Waals surface area contributed by atoms with Crippen LogP contribution in [0.25, 0.3) is 0 Å². The molecule has 118 valence electrons. The summed E-state index contributed by atoms with van der Waals surface area (Å²) in [5, 5.41) is 3.75. The molecule has 0 bridgehead atoms. The van der Waals surface area contributed by atoms with Gasteiger partial charge in [-0.3, -0.25) is 0 Å². The Hall–Kier alpha value is -0.120. The Morgan fingerprint density at radius 1 is 1.00 bits per heavy atom. The molecule has 0 amide bonds. The third-order valence-corrected chi connectivity index (χ3v) is 5.04. The largest absolute Gasteiger partial charge is 0.381 e. The lowest BCUT2D eigenvalue weighted by Gasteiger charge is -2.41. The average molecular weight is 283 g/mol. The van der Waals surface area contributed by atoms with Gasteiger partial charge < -0.3 is 14.8 Å².